The molecule has 0 aromatic carbocycles. The van der Waals surface area contributed by atoms with Gasteiger partial charge in [-0.3, -0.25) is 0 Å². The number of rotatable bonds is 7. The van der Waals surface area contributed by atoms with Crippen LogP contribution in [0.2, 0.25) is 0 Å². The van der Waals surface area contributed by atoms with Crippen molar-refractivity contribution in [2.75, 3.05) is 24.7 Å². The third-order valence-corrected chi connectivity index (χ3v) is 4.35. The predicted octanol–water partition coefficient (Wildman–Crippen LogP) is 3.17. The van der Waals surface area contributed by atoms with E-state index < -0.39 is 0 Å². The van der Waals surface area contributed by atoms with Crippen molar-refractivity contribution in [2.45, 2.75) is 52.7 Å². The van der Waals surface area contributed by atoms with E-state index in [-0.39, 0.29) is 0 Å². The molecule has 3 atom stereocenters. The van der Waals surface area contributed by atoms with Crippen molar-refractivity contribution in [3.05, 3.63) is 0 Å². The van der Waals surface area contributed by atoms with Crippen molar-refractivity contribution in [3.63, 3.8) is 0 Å². The fourth-order valence-electron chi connectivity index (χ4n) is 2.61. The zero-order valence-corrected chi connectivity index (χ0v) is 12.7. The SMILES string of the molecule is CCCNC(C(C)CC(C)C)C1CSCCO1. The minimum atomic E-state index is 0.411. The Labute approximate surface area is 111 Å². The molecule has 0 aromatic rings. The first-order valence-corrected chi connectivity index (χ1v) is 8.23. The monoisotopic (exact) mass is 259 g/mol. The van der Waals surface area contributed by atoms with Gasteiger partial charge in [0.25, 0.3) is 0 Å². The van der Waals surface area contributed by atoms with Gasteiger partial charge in [-0.15, -0.1) is 0 Å². The summed E-state index contributed by atoms with van der Waals surface area (Å²) in [6.07, 6.45) is 2.89. The van der Waals surface area contributed by atoms with E-state index in [0.29, 0.717) is 18.1 Å². The Morgan fingerprint density at radius 2 is 2.12 bits per heavy atom. The second-order valence-corrected chi connectivity index (χ2v) is 6.72. The Morgan fingerprint density at radius 3 is 2.65 bits per heavy atom. The molecule has 3 heteroatoms. The maximum absolute atomic E-state index is 5.96. The molecule has 102 valence electrons. The van der Waals surface area contributed by atoms with Crippen LogP contribution >= 0.6 is 11.8 Å². The summed E-state index contributed by atoms with van der Waals surface area (Å²) in [5.74, 6) is 3.79. The van der Waals surface area contributed by atoms with Crippen LogP contribution in [-0.2, 0) is 4.74 Å². The first kappa shape index (κ1) is 15.3. The Kier molecular flexibility index (Phi) is 7.56. The molecule has 1 rings (SSSR count). The Hall–Kier alpha value is 0.270. The fraction of sp³-hybridized carbons (Fsp3) is 1.00. The van der Waals surface area contributed by atoms with Gasteiger partial charge in [-0.1, -0.05) is 27.7 Å². The van der Waals surface area contributed by atoms with Gasteiger partial charge in [0, 0.05) is 17.5 Å². The van der Waals surface area contributed by atoms with Crippen molar-refractivity contribution >= 4 is 11.8 Å². The van der Waals surface area contributed by atoms with Crippen molar-refractivity contribution < 1.29 is 4.74 Å². The van der Waals surface area contributed by atoms with E-state index in [4.69, 9.17) is 4.74 Å². The second-order valence-electron chi connectivity index (χ2n) is 5.57. The van der Waals surface area contributed by atoms with Gasteiger partial charge in [0.15, 0.2) is 0 Å². The summed E-state index contributed by atoms with van der Waals surface area (Å²) in [7, 11) is 0. The van der Waals surface area contributed by atoms with E-state index in [1.54, 1.807) is 0 Å². The van der Waals surface area contributed by atoms with E-state index in [2.05, 4.69) is 33.0 Å². The minimum Gasteiger partial charge on any atom is -0.375 e. The van der Waals surface area contributed by atoms with Crippen LogP contribution in [0, 0.1) is 11.8 Å². The molecule has 0 radical (unpaired) electrons. The van der Waals surface area contributed by atoms with Crippen molar-refractivity contribution in [2.24, 2.45) is 11.8 Å². The summed E-state index contributed by atoms with van der Waals surface area (Å²) in [5, 5.41) is 3.71. The summed E-state index contributed by atoms with van der Waals surface area (Å²) in [4.78, 5) is 0. The highest BCUT2D eigenvalue weighted by Crippen LogP contribution is 2.23. The number of hydrogen-bond donors (Lipinski definition) is 1. The lowest BCUT2D eigenvalue weighted by molar-refractivity contribution is 0.0292. The van der Waals surface area contributed by atoms with Gasteiger partial charge in [-0.05, 0) is 31.2 Å². The molecule has 0 bridgehead atoms. The first-order chi connectivity index (χ1) is 8.15. The number of nitrogens with one attached hydrogen (secondary N) is 1. The highest BCUT2D eigenvalue weighted by atomic mass is 32.2. The van der Waals surface area contributed by atoms with E-state index >= 15 is 0 Å². The normalized spacial score (nSPS) is 24.9. The van der Waals surface area contributed by atoms with Gasteiger partial charge < -0.3 is 10.1 Å². The molecule has 0 aromatic heterocycles. The molecule has 17 heavy (non-hydrogen) atoms. The van der Waals surface area contributed by atoms with E-state index in [1.165, 1.54) is 12.8 Å². The smallest absolute Gasteiger partial charge is 0.0821 e. The topological polar surface area (TPSA) is 21.3 Å². The predicted molar refractivity (Wildman–Crippen MR) is 77.8 cm³/mol. The summed E-state index contributed by atoms with van der Waals surface area (Å²) < 4.78 is 5.96. The summed E-state index contributed by atoms with van der Waals surface area (Å²) in [6.45, 7) is 11.3. The molecule has 0 amide bonds. The van der Waals surface area contributed by atoms with Crippen LogP contribution in [0.4, 0.5) is 0 Å². The summed E-state index contributed by atoms with van der Waals surface area (Å²) in [6, 6.07) is 0.533. The standard InChI is InChI=1S/C14H29NOS/c1-5-6-15-14(12(4)9-11(2)3)13-10-17-8-7-16-13/h11-15H,5-10H2,1-4H3. The molecule has 1 saturated heterocycles. The molecular formula is C14H29NOS. The van der Waals surface area contributed by atoms with E-state index in [0.717, 1.165) is 30.6 Å². The molecule has 2 nitrogen and oxygen atoms in total. The van der Waals surface area contributed by atoms with Crippen LogP contribution in [0.25, 0.3) is 0 Å². The third kappa shape index (κ3) is 5.62. The van der Waals surface area contributed by atoms with Crippen LogP contribution in [0.3, 0.4) is 0 Å². The van der Waals surface area contributed by atoms with Crippen LogP contribution in [0.1, 0.15) is 40.5 Å². The number of ether oxygens (including phenoxy) is 1. The molecule has 0 aliphatic carbocycles. The molecule has 1 fully saturated rings. The number of hydrogen-bond acceptors (Lipinski definition) is 3. The van der Waals surface area contributed by atoms with Crippen molar-refractivity contribution in [1.29, 1.82) is 0 Å². The van der Waals surface area contributed by atoms with Crippen LogP contribution in [0.5, 0.6) is 0 Å². The molecule has 0 saturated carbocycles. The quantitative estimate of drug-likeness (QED) is 0.759. The lowest BCUT2D eigenvalue weighted by Gasteiger charge is -2.35. The summed E-state index contributed by atoms with van der Waals surface area (Å²) in [5.41, 5.74) is 0. The Balaban J connectivity index is 2.50. The van der Waals surface area contributed by atoms with Gasteiger partial charge in [-0.25, -0.2) is 0 Å². The maximum atomic E-state index is 5.96. The van der Waals surface area contributed by atoms with Gasteiger partial charge in [0.2, 0.25) is 0 Å². The Bertz CT molecular complexity index is 193. The molecule has 3 unspecified atom stereocenters. The second kappa shape index (κ2) is 8.39. The van der Waals surface area contributed by atoms with Gasteiger partial charge in [-0.2, -0.15) is 11.8 Å². The van der Waals surface area contributed by atoms with Crippen LogP contribution in [0.15, 0.2) is 0 Å². The Morgan fingerprint density at radius 1 is 1.35 bits per heavy atom. The first-order valence-electron chi connectivity index (χ1n) is 7.07. The van der Waals surface area contributed by atoms with Crippen LogP contribution < -0.4 is 5.32 Å². The van der Waals surface area contributed by atoms with E-state index in [1.807, 2.05) is 11.8 Å². The lowest BCUT2D eigenvalue weighted by Crippen LogP contribution is -2.49. The average Bonchev–Trinajstić information content (AvgIpc) is 2.30. The molecule has 0 spiro atoms. The maximum Gasteiger partial charge on any atom is 0.0821 e. The van der Waals surface area contributed by atoms with Gasteiger partial charge in [0.1, 0.15) is 0 Å². The fourth-order valence-corrected chi connectivity index (χ4v) is 3.53. The average molecular weight is 259 g/mol. The van der Waals surface area contributed by atoms with E-state index in [9.17, 15) is 0 Å². The third-order valence-electron chi connectivity index (χ3n) is 3.33. The number of thioether (sulfide) groups is 1. The zero-order chi connectivity index (χ0) is 12.7. The highest BCUT2D eigenvalue weighted by Gasteiger charge is 2.29. The highest BCUT2D eigenvalue weighted by molar-refractivity contribution is 7.99. The lowest BCUT2D eigenvalue weighted by atomic mass is 9.89. The molecule has 1 N–H and O–H groups in total. The van der Waals surface area contributed by atoms with Gasteiger partial charge in [0.05, 0.1) is 12.7 Å². The largest absolute Gasteiger partial charge is 0.375 e. The molecule has 1 heterocycles. The minimum absolute atomic E-state index is 0.411. The zero-order valence-electron chi connectivity index (χ0n) is 11.9. The molecule has 1 aliphatic heterocycles. The van der Waals surface area contributed by atoms with Crippen LogP contribution in [-0.4, -0.2) is 36.8 Å². The molecular weight excluding hydrogens is 230 g/mol. The molecule has 1 aliphatic rings. The van der Waals surface area contributed by atoms with Gasteiger partial charge >= 0.3 is 0 Å². The van der Waals surface area contributed by atoms with Crippen molar-refractivity contribution in [1.82, 2.24) is 5.32 Å². The van der Waals surface area contributed by atoms with Crippen molar-refractivity contribution in [3.8, 4) is 0 Å². The summed E-state index contributed by atoms with van der Waals surface area (Å²) >= 11 is 2.04.